The molecule has 3 rings (SSSR count). The molecule has 5 nitrogen and oxygen atoms in total. The van der Waals surface area contributed by atoms with Gasteiger partial charge in [0.05, 0.1) is 4.88 Å². The fraction of sp³-hybridized carbons (Fsp3) is 0.389. The molecule has 0 saturated carbocycles. The van der Waals surface area contributed by atoms with Gasteiger partial charge in [-0.2, -0.15) is 0 Å². The predicted molar refractivity (Wildman–Crippen MR) is 93.9 cm³/mol. The van der Waals surface area contributed by atoms with Crippen molar-refractivity contribution in [2.24, 2.45) is 5.92 Å². The summed E-state index contributed by atoms with van der Waals surface area (Å²) in [6.45, 7) is 0.504. The minimum Gasteiger partial charge on any atom is -0.352 e. The van der Waals surface area contributed by atoms with Crippen LogP contribution in [0.25, 0.3) is 0 Å². The lowest BCUT2D eigenvalue weighted by atomic mass is 9.87. The number of rotatable bonds is 4. The molecule has 2 aromatic rings. The molecule has 0 unspecified atom stereocenters. The van der Waals surface area contributed by atoms with E-state index in [1.54, 1.807) is 42.7 Å². The Kier molecular flexibility index (Phi) is 4.94. The molecule has 1 aliphatic carbocycles. The number of carbonyl (C=O) groups is 2. The second kappa shape index (κ2) is 7.13. The van der Waals surface area contributed by atoms with Gasteiger partial charge in [0.1, 0.15) is 0 Å². The minimum absolute atomic E-state index is 0.0221. The molecule has 1 atom stereocenters. The van der Waals surface area contributed by atoms with Crippen LogP contribution in [0.1, 0.15) is 32.1 Å². The zero-order valence-corrected chi connectivity index (χ0v) is 14.7. The van der Waals surface area contributed by atoms with E-state index in [0.29, 0.717) is 13.0 Å². The lowest BCUT2D eigenvalue weighted by Gasteiger charge is -2.21. The van der Waals surface area contributed by atoms with Crippen molar-refractivity contribution in [1.82, 2.24) is 15.2 Å². The zero-order chi connectivity index (χ0) is 17.1. The molecule has 126 valence electrons. The van der Waals surface area contributed by atoms with Crippen LogP contribution in [0.2, 0.25) is 0 Å². The average Bonchev–Trinajstić information content (AvgIpc) is 3.02. The Labute approximate surface area is 145 Å². The molecule has 0 spiro atoms. The molecule has 0 aliphatic heterocycles. The second-order valence-corrected chi connectivity index (χ2v) is 7.41. The molecule has 6 heteroatoms. The van der Waals surface area contributed by atoms with Gasteiger partial charge in [0.25, 0.3) is 5.91 Å². The number of thiophene rings is 1. The van der Waals surface area contributed by atoms with Crippen molar-refractivity contribution in [2.45, 2.75) is 25.8 Å². The van der Waals surface area contributed by atoms with Crippen molar-refractivity contribution in [3.63, 3.8) is 0 Å². The maximum Gasteiger partial charge on any atom is 0.263 e. The number of nitrogens with zero attached hydrogens (tertiary/aromatic N) is 2. The summed E-state index contributed by atoms with van der Waals surface area (Å²) >= 11 is 1.56. The Bertz CT molecular complexity index is 740. The maximum absolute atomic E-state index is 12.4. The number of hydrogen-bond acceptors (Lipinski definition) is 4. The third-order valence-corrected chi connectivity index (χ3v) is 5.49. The van der Waals surface area contributed by atoms with Crippen LogP contribution in [0.4, 0.5) is 0 Å². The summed E-state index contributed by atoms with van der Waals surface area (Å²) in [6.07, 6.45) is 5.90. The van der Waals surface area contributed by atoms with Crippen molar-refractivity contribution < 1.29 is 9.59 Å². The van der Waals surface area contributed by atoms with Crippen LogP contribution in [0.3, 0.4) is 0 Å². The predicted octanol–water partition coefficient (Wildman–Crippen LogP) is 2.27. The van der Waals surface area contributed by atoms with Crippen LogP contribution in [0.15, 0.2) is 30.6 Å². The number of amides is 2. The van der Waals surface area contributed by atoms with Crippen LogP contribution in [0, 0.1) is 5.92 Å². The van der Waals surface area contributed by atoms with Gasteiger partial charge < -0.3 is 10.2 Å². The van der Waals surface area contributed by atoms with Crippen LogP contribution >= 0.6 is 11.3 Å². The van der Waals surface area contributed by atoms with E-state index in [-0.39, 0.29) is 17.7 Å². The molecule has 0 aromatic carbocycles. The van der Waals surface area contributed by atoms with Gasteiger partial charge in [0, 0.05) is 43.8 Å². The van der Waals surface area contributed by atoms with E-state index in [9.17, 15) is 9.59 Å². The van der Waals surface area contributed by atoms with Gasteiger partial charge in [-0.25, -0.2) is 0 Å². The number of carbonyl (C=O) groups excluding carboxylic acids is 2. The van der Waals surface area contributed by atoms with Gasteiger partial charge in [-0.3, -0.25) is 14.6 Å². The number of aryl methyl sites for hydroxylation is 1. The van der Waals surface area contributed by atoms with Gasteiger partial charge in [0.2, 0.25) is 5.91 Å². The molecule has 2 heterocycles. The number of fused-ring (bicyclic) bond motifs is 1. The highest BCUT2D eigenvalue weighted by atomic mass is 32.1. The molecule has 0 saturated heterocycles. The first-order chi connectivity index (χ1) is 11.5. The first kappa shape index (κ1) is 16.6. The van der Waals surface area contributed by atoms with Crippen molar-refractivity contribution in [1.29, 1.82) is 0 Å². The van der Waals surface area contributed by atoms with E-state index >= 15 is 0 Å². The van der Waals surface area contributed by atoms with E-state index in [1.807, 2.05) is 18.2 Å². The number of hydrogen-bond donors (Lipinski definition) is 1. The second-order valence-electron chi connectivity index (χ2n) is 6.28. The summed E-state index contributed by atoms with van der Waals surface area (Å²) in [6, 6.07) is 5.77. The van der Waals surface area contributed by atoms with Crippen LogP contribution in [0.5, 0.6) is 0 Å². The highest BCUT2D eigenvalue weighted by Crippen LogP contribution is 2.33. The average molecular weight is 343 g/mol. The summed E-state index contributed by atoms with van der Waals surface area (Å²) in [5.41, 5.74) is 2.15. The van der Waals surface area contributed by atoms with E-state index in [1.165, 1.54) is 4.88 Å². The van der Waals surface area contributed by atoms with Crippen LogP contribution in [-0.2, 0) is 24.2 Å². The largest absolute Gasteiger partial charge is 0.352 e. The molecule has 1 aliphatic rings. The third-order valence-electron chi connectivity index (χ3n) is 4.26. The zero-order valence-electron chi connectivity index (χ0n) is 13.9. The van der Waals surface area contributed by atoms with E-state index in [2.05, 4.69) is 10.3 Å². The molecule has 24 heavy (non-hydrogen) atoms. The topological polar surface area (TPSA) is 62.3 Å². The highest BCUT2D eigenvalue weighted by molar-refractivity contribution is 7.14. The van der Waals surface area contributed by atoms with Gasteiger partial charge in [0.15, 0.2) is 0 Å². The normalized spacial score (nSPS) is 16.3. The Morgan fingerprint density at radius 3 is 2.96 bits per heavy atom. The number of pyridine rings is 1. The first-order valence-corrected chi connectivity index (χ1v) is 8.86. The molecule has 2 amide bonds. The van der Waals surface area contributed by atoms with Crippen molar-refractivity contribution >= 4 is 23.2 Å². The summed E-state index contributed by atoms with van der Waals surface area (Å²) in [5, 5.41) is 3.00. The van der Waals surface area contributed by atoms with Gasteiger partial charge in [-0.1, -0.05) is 6.07 Å². The number of nitrogens with one attached hydrogen (secondary N) is 1. The standard InChI is InChI=1S/C18H21N3O2S/c1-21(2)18(23)16-9-14-8-13(5-6-15(14)24-16)17(22)20-11-12-4-3-7-19-10-12/h3-4,7,9-10,13H,5-6,8,11H2,1-2H3,(H,20,22)/t13-/m1/s1. The summed E-state index contributed by atoms with van der Waals surface area (Å²) in [7, 11) is 3.52. The Morgan fingerprint density at radius 1 is 1.42 bits per heavy atom. The Balaban J connectivity index is 1.62. The van der Waals surface area contributed by atoms with E-state index in [0.717, 1.165) is 28.8 Å². The van der Waals surface area contributed by atoms with Crippen molar-refractivity contribution in [2.75, 3.05) is 14.1 Å². The molecule has 0 radical (unpaired) electrons. The van der Waals surface area contributed by atoms with Crippen molar-refractivity contribution in [3.05, 3.63) is 51.5 Å². The number of aromatic nitrogens is 1. The van der Waals surface area contributed by atoms with Crippen LogP contribution in [-0.4, -0.2) is 35.8 Å². The molecule has 0 bridgehead atoms. The summed E-state index contributed by atoms with van der Waals surface area (Å²) in [5.74, 6) is 0.0919. The SMILES string of the molecule is CN(C)C(=O)c1cc2c(s1)CC[C@@H](C(=O)NCc1cccnc1)C2. The minimum atomic E-state index is -0.0221. The summed E-state index contributed by atoms with van der Waals surface area (Å²) < 4.78 is 0. The van der Waals surface area contributed by atoms with Crippen molar-refractivity contribution in [3.8, 4) is 0 Å². The molecular formula is C18H21N3O2S. The third kappa shape index (κ3) is 3.64. The molecular weight excluding hydrogens is 322 g/mol. The fourth-order valence-electron chi connectivity index (χ4n) is 2.91. The molecule has 0 fully saturated rings. The molecule has 1 N–H and O–H groups in total. The Morgan fingerprint density at radius 2 is 2.25 bits per heavy atom. The smallest absolute Gasteiger partial charge is 0.263 e. The van der Waals surface area contributed by atoms with Crippen LogP contribution < -0.4 is 5.32 Å². The lowest BCUT2D eigenvalue weighted by molar-refractivity contribution is -0.125. The van der Waals surface area contributed by atoms with E-state index < -0.39 is 0 Å². The highest BCUT2D eigenvalue weighted by Gasteiger charge is 2.27. The first-order valence-electron chi connectivity index (χ1n) is 8.04. The quantitative estimate of drug-likeness (QED) is 0.926. The van der Waals surface area contributed by atoms with Gasteiger partial charge >= 0.3 is 0 Å². The fourth-order valence-corrected chi connectivity index (χ4v) is 4.14. The van der Waals surface area contributed by atoms with Gasteiger partial charge in [-0.15, -0.1) is 11.3 Å². The Hall–Kier alpha value is -2.21. The monoisotopic (exact) mass is 343 g/mol. The maximum atomic E-state index is 12.4. The lowest BCUT2D eigenvalue weighted by Crippen LogP contribution is -2.33. The summed E-state index contributed by atoms with van der Waals surface area (Å²) in [4.78, 5) is 32.2. The van der Waals surface area contributed by atoms with E-state index in [4.69, 9.17) is 0 Å². The van der Waals surface area contributed by atoms with Gasteiger partial charge in [-0.05, 0) is 42.5 Å². The molecule has 2 aromatic heterocycles.